The number of carbonyl (C=O) groups excluding carboxylic acids is 1. The summed E-state index contributed by atoms with van der Waals surface area (Å²) in [7, 11) is 0. The molecule has 2 N–H and O–H groups in total. The highest BCUT2D eigenvalue weighted by Gasteiger charge is 2.20. The summed E-state index contributed by atoms with van der Waals surface area (Å²) in [4.78, 5) is 22.4. The van der Waals surface area contributed by atoms with Gasteiger partial charge in [-0.2, -0.15) is 0 Å². The first kappa shape index (κ1) is 12.6. The molecule has 0 bridgehead atoms. The van der Waals surface area contributed by atoms with Crippen LogP contribution in [0, 0.1) is 0 Å². The van der Waals surface area contributed by atoms with Gasteiger partial charge >= 0.3 is 5.97 Å². The lowest BCUT2D eigenvalue weighted by Gasteiger charge is -2.14. The SMILES string of the molecule is O=C(NC1CCCCCC1)c1cc(C(=O)O)on1. The number of nitrogens with zero attached hydrogens (tertiary/aromatic N) is 1. The van der Waals surface area contributed by atoms with Crippen molar-refractivity contribution in [2.24, 2.45) is 0 Å². The quantitative estimate of drug-likeness (QED) is 0.800. The third-order valence-electron chi connectivity index (χ3n) is 3.14. The summed E-state index contributed by atoms with van der Waals surface area (Å²) in [5.41, 5.74) is 0.0247. The van der Waals surface area contributed by atoms with Gasteiger partial charge in [0.1, 0.15) is 0 Å². The van der Waals surface area contributed by atoms with Crippen molar-refractivity contribution in [1.29, 1.82) is 0 Å². The van der Waals surface area contributed by atoms with Crippen LogP contribution in [0.4, 0.5) is 0 Å². The Balaban J connectivity index is 1.95. The van der Waals surface area contributed by atoms with Crippen LogP contribution in [0.15, 0.2) is 10.6 Å². The summed E-state index contributed by atoms with van der Waals surface area (Å²) in [6.45, 7) is 0. The van der Waals surface area contributed by atoms with Crippen molar-refractivity contribution >= 4 is 11.9 Å². The van der Waals surface area contributed by atoms with Crippen LogP contribution in [0.5, 0.6) is 0 Å². The molecule has 0 aromatic carbocycles. The maximum absolute atomic E-state index is 11.8. The predicted molar refractivity (Wildman–Crippen MR) is 62.4 cm³/mol. The highest BCUT2D eigenvalue weighted by atomic mass is 16.5. The summed E-state index contributed by atoms with van der Waals surface area (Å²) >= 11 is 0. The molecular weight excluding hydrogens is 236 g/mol. The fourth-order valence-corrected chi connectivity index (χ4v) is 2.17. The van der Waals surface area contributed by atoms with E-state index in [2.05, 4.69) is 15.0 Å². The molecule has 1 amide bonds. The molecule has 1 heterocycles. The number of nitrogens with one attached hydrogen (secondary N) is 1. The molecule has 0 saturated heterocycles. The number of amides is 1. The third-order valence-corrected chi connectivity index (χ3v) is 3.14. The summed E-state index contributed by atoms with van der Waals surface area (Å²) in [6.07, 6.45) is 6.58. The van der Waals surface area contributed by atoms with Crippen LogP contribution in [0.2, 0.25) is 0 Å². The number of carboxylic acids is 1. The molecule has 0 atom stereocenters. The number of aromatic nitrogens is 1. The summed E-state index contributed by atoms with van der Waals surface area (Å²) in [5.74, 6) is -1.91. The lowest BCUT2D eigenvalue weighted by molar-refractivity contribution is 0.0651. The number of carboxylic acid groups (broad SMARTS) is 1. The fourth-order valence-electron chi connectivity index (χ4n) is 2.17. The standard InChI is InChI=1S/C12H16N2O4/c15-11(9-7-10(12(16)17)18-14-9)13-8-5-3-1-2-4-6-8/h7-8H,1-6H2,(H,13,15)(H,16,17). The van der Waals surface area contributed by atoms with Crippen LogP contribution >= 0.6 is 0 Å². The molecule has 6 heteroatoms. The molecule has 0 aliphatic heterocycles. The van der Waals surface area contributed by atoms with Gasteiger partial charge < -0.3 is 14.9 Å². The number of aromatic carboxylic acids is 1. The molecule has 0 unspecified atom stereocenters. The maximum Gasteiger partial charge on any atom is 0.374 e. The topological polar surface area (TPSA) is 92.4 Å². The van der Waals surface area contributed by atoms with Crippen molar-refractivity contribution in [2.45, 2.75) is 44.6 Å². The second kappa shape index (κ2) is 5.66. The molecular formula is C12H16N2O4. The van der Waals surface area contributed by atoms with Crippen LogP contribution in [-0.4, -0.2) is 28.2 Å². The average molecular weight is 252 g/mol. The molecule has 2 rings (SSSR count). The van der Waals surface area contributed by atoms with Crippen molar-refractivity contribution in [3.8, 4) is 0 Å². The second-order valence-corrected chi connectivity index (χ2v) is 4.54. The molecule has 6 nitrogen and oxygen atoms in total. The van der Waals surface area contributed by atoms with E-state index in [1.807, 2.05) is 0 Å². The number of carbonyl (C=O) groups is 2. The first-order valence-corrected chi connectivity index (χ1v) is 6.17. The van der Waals surface area contributed by atoms with E-state index in [0.717, 1.165) is 31.7 Å². The Morgan fingerprint density at radius 3 is 2.50 bits per heavy atom. The van der Waals surface area contributed by atoms with Crippen molar-refractivity contribution in [3.63, 3.8) is 0 Å². The van der Waals surface area contributed by atoms with E-state index < -0.39 is 5.97 Å². The van der Waals surface area contributed by atoms with Crippen molar-refractivity contribution in [1.82, 2.24) is 10.5 Å². The molecule has 18 heavy (non-hydrogen) atoms. The van der Waals surface area contributed by atoms with E-state index >= 15 is 0 Å². The first-order valence-electron chi connectivity index (χ1n) is 6.17. The van der Waals surface area contributed by atoms with Gasteiger partial charge in [0.25, 0.3) is 5.91 Å². The summed E-state index contributed by atoms with van der Waals surface area (Å²) in [5, 5.41) is 15.0. The number of rotatable bonds is 3. The van der Waals surface area contributed by atoms with Crippen molar-refractivity contribution in [2.75, 3.05) is 0 Å². The van der Waals surface area contributed by atoms with Crippen LogP contribution < -0.4 is 5.32 Å². The van der Waals surface area contributed by atoms with Crippen molar-refractivity contribution in [3.05, 3.63) is 17.5 Å². The third kappa shape index (κ3) is 3.09. The monoisotopic (exact) mass is 252 g/mol. The van der Waals surface area contributed by atoms with Gasteiger partial charge in [-0.25, -0.2) is 4.79 Å². The van der Waals surface area contributed by atoms with E-state index in [1.165, 1.54) is 12.8 Å². The van der Waals surface area contributed by atoms with E-state index in [9.17, 15) is 9.59 Å². The van der Waals surface area contributed by atoms with Gasteiger partial charge in [0.15, 0.2) is 5.69 Å². The second-order valence-electron chi connectivity index (χ2n) is 4.54. The zero-order valence-corrected chi connectivity index (χ0v) is 10.0. The maximum atomic E-state index is 11.8. The number of hydrogen-bond donors (Lipinski definition) is 2. The largest absolute Gasteiger partial charge is 0.475 e. The zero-order chi connectivity index (χ0) is 13.0. The van der Waals surface area contributed by atoms with E-state index in [1.54, 1.807) is 0 Å². The van der Waals surface area contributed by atoms with E-state index in [4.69, 9.17) is 5.11 Å². The highest BCUT2D eigenvalue weighted by molar-refractivity contribution is 5.94. The normalized spacial score (nSPS) is 17.1. The first-order chi connectivity index (χ1) is 8.66. The Kier molecular flexibility index (Phi) is 3.96. The van der Waals surface area contributed by atoms with E-state index in [0.29, 0.717) is 0 Å². The number of hydrogen-bond acceptors (Lipinski definition) is 4. The Labute approximate surface area is 104 Å². The van der Waals surface area contributed by atoms with E-state index in [-0.39, 0.29) is 23.4 Å². The average Bonchev–Trinajstić information content (AvgIpc) is 2.70. The molecule has 1 saturated carbocycles. The smallest absolute Gasteiger partial charge is 0.374 e. The van der Waals surface area contributed by atoms with Gasteiger partial charge in [0.05, 0.1) is 0 Å². The molecule has 0 radical (unpaired) electrons. The van der Waals surface area contributed by atoms with Crippen LogP contribution in [0.1, 0.15) is 59.6 Å². The molecule has 1 aromatic heterocycles. The predicted octanol–water partition coefficient (Wildman–Crippen LogP) is 1.83. The van der Waals surface area contributed by atoms with Crippen LogP contribution in [0.3, 0.4) is 0 Å². The fraction of sp³-hybridized carbons (Fsp3) is 0.583. The van der Waals surface area contributed by atoms with Gasteiger partial charge in [0, 0.05) is 12.1 Å². The highest BCUT2D eigenvalue weighted by Crippen LogP contribution is 2.17. The minimum atomic E-state index is -1.23. The summed E-state index contributed by atoms with van der Waals surface area (Å²) in [6, 6.07) is 1.30. The molecule has 98 valence electrons. The zero-order valence-electron chi connectivity index (χ0n) is 10.0. The molecule has 1 aliphatic rings. The lowest BCUT2D eigenvalue weighted by atomic mass is 10.1. The van der Waals surface area contributed by atoms with Gasteiger partial charge in [0.2, 0.25) is 5.76 Å². The summed E-state index contributed by atoms with van der Waals surface area (Å²) < 4.78 is 4.55. The van der Waals surface area contributed by atoms with Crippen LogP contribution in [0.25, 0.3) is 0 Å². The molecule has 0 spiro atoms. The minimum absolute atomic E-state index is 0.0247. The van der Waals surface area contributed by atoms with Gasteiger partial charge in [-0.15, -0.1) is 0 Å². The Hall–Kier alpha value is -1.85. The van der Waals surface area contributed by atoms with Gasteiger partial charge in [-0.1, -0.05) is 30.8 Å². The van der Waals surface area contributed by atoms with Gasteiger partial charge in [-0.3, -0.25) is 4.79 Å². The van der Waals surface area contributed by atoms with Crippen molar-refractivity contribution < 1.29 is 19.2 Å². The van der Waals surface area contributed by atoms with Crippen LogP contribution in [-0.2, 0) is 0 Å². The lowest BCUT2D eigenvalue weighted by Crippen LogP contribution is -2.34. The molecule has 1 aromatic rings. The van der Waals surface area contributed by atoms with Gasteiger partial charge in [-0.05, 0) is 12.8 Å². The molecule has 1 aliphatic carbocycles. The Morgan fingerprint density at radius 2 is 1.94 bits per heavy atom. The Bertz CT molecular complexity index is 433. The minimum Gasteiger partial charge on any atom is -0.475 e. The molecule has 1 fully saturated rings. The Morgan fingerprint density at radius 1 is 1.28 bits per heavy atom.